The Hall–Kier alpha value is -2.67. The Bertz CT molecular complexity index is 1570. The van der Waals surface area contributed by atoms with Gasteiger partial charge in [0.1, 0.15) is 4.90 Å². The minimum Gasteiger partial charge on any atom is -0.481 e. The van der Waals surface area contributed by atoms with Crippen LogP contribution in [0.5, 0.6) is 0 Å². The molecule has 1 fully saturated rings. The molecule has 1 aliphatic heterocycles. The molecule has 0 bridgehead atoms. The third kappa shape index (κ3) is 7.30. The van der Waals surface area contributed by atoms with E-state index in [0.29, 0.717) is 18.8 Å². The third-order valence-corrected chi connectivity index (χ3v) is 10.4. The largest absolute Gasteiger partial charge is 0.481 e. The molecule has 208 valence electrons. The quantitative estimate of drug-likeness (QED) is 0.349. The molecule has 4 rings (SSSR count). The molecule has 0 radical (unpaired) electrons. The van der Waals surface area contributed by atoms with Gasteiger partial charge in [-0.05, 0) is 48.0 Å². The Morgan fingerprint density at radius 1 is 0.821 bits per heavy atom. The number of halogens is 2. The SMILES string of the molecule is O=C(O)CCN1CCN(Cc2cccc(NS(=O)(=O)c3ccc(S(=O)(=O)c4ccccc4Cl)cc3Cl)c2)CC1. The summed E-state index contributed by atoms with van der Waals surface area (Å²) in [5.41, 5.74) is 1.25. The van der Waals surface area contributed by atoms with E-state index in [2.05, 4.69) is 14.5 Å². The Morgan fingerprint density at radius 3 is 2.18 bits per heavy atom. The van der Waals surface area contributed by atoms with Crippen LogP contribution in [0.25, 0.3) is 0 Å². The van der Waals surface area contributed by atoms with E-state index in [1.54, 1.807) is 30.3 Å². The zero-order valence-electron chi connectivity index (χ0n) is 20.8. The van der Waals surface area contributed by atoms with Gasteiger partial charge in [0.25, 0.3) is 10.0 Å². The first-order chi connectivity index (χ1) is 18.5. The molecule has 1 saturated heterocycles. The number of rotatable bonds is 10. The van der Waals surface area contributed by atoms with Gasteiger partial charge in [0.15, 0.2) is 0 Å². The average molecular weight is 613 g/mol. The number of hydrogen-bond acceptors (Lipinski definition) is 7. The Kier molecular flexibility index (Phi) is 9.20. The topological polar surface area (TPSA) is 124 Å². The summed E-state index contributed by atoms with van der Waals surface area (Å²) in [5, 5.41) is 8.67. The first-order valence-electron chi connectivity index (χ1n) is 12.0. The lowest BCUT2D eigenvalue weighted by Crippen LogP contribution is -2.46. The number of anilines is 1. The van der Waals surface area contributed by atoms with Crippen molar-refractivity contribution in [3.05, 3.63) is 82.3 Å². The van der Waals surface area contributed by atoms with Crippen molar-refractivity contribution in [2.45, 2.75) is 27.7 Å². The van der Waals surface area contributed by atoms with Crippen molar-refractivity contribution >= 4 is 54.7 Å². The molecule has 0 aliphatic carbocycles. The molecule has 0 amide bonds. The van der Waals surface area contributed by atoms with Crippen LogP contribution in [0.1, 0.15) is 12.0 Å². The number of sulfonamides is 1. The summed E-state index contributed by atoms with van der Waals surface area (Å²) in [6, 6.07) is 16.4. The molecule has 3 aromatic carbocycles. The van der Waals surface area contributed by atoms with Crippen molar-refractivity contribution in [2.24, 2.45) is 0 Å². The van der Waals surface area contributed by atoms with Gasteiger partial charge in [-0.25, -0.2) is 16.8 Å². The Labute approximate surface area is 237 Å². The number of benzene rings is 3. The van der Waals surface area contributed by atoms with Crippen LogP contribution in [-0.4, -0.2) is 70.4 Å². The van der Waals surface area contributed by atoms with Gasteiger partial charge in [-0.15, -0.1) is 0 Å². The fourth-order valence-electron chi connectivity index (χ4n) is 4.28. The van der Waals surface area contributed by atoms with Gasteiger partial charge in [-0.2, -0.15) is 0 Å². The number of carboxylic acid groups (broad SMARTS) is 1. The molecule has 0 aromatic heterocycles. The fraction of sp³-hybridized carbons (Fsp3) is 0.269. The first kappa shape index (κ1) is 29.3. The van der Waals surface area contributed by atoms with Gasteiger partial charge < -0.3 is 10.0 Å². The van der Waals surface area contributed by atoms with Gasteiger partial charge in [-0.3, -0.25) is 14.4 Å². The number of carbonyl (C=O) groups is 1. The Balaban J connectivity index is 1.44. The van der Waals surface area contributed by atoms with E-state index >= 15 is 0 Å². The molecule has 2 N–H and O–H groups in total. The highest BCUT2D eigenvalue weighted by atomic mass is 35.5. The highest BCUT2D eigenvalue weighted by Gasteiger charge is 2.25. The molecular weight excluding hydrogens is 585 g/mol. The molecule has 3 aromatic rings. The first-order valence-corrected chi connectivity index (χ1v) is 15.8. The van der Waals surface area contributed by atoms with Crippen molar-refractivity contribution in [2.75, 3.05) is 37.4 Å². The summed E-state index contributed by atoms with van der Waals surface area (Å²) >= 11 is 12.3. The van der Waals surface area contributed by atoms with E-state index in [-0.39, 0.29) is 31.2 Å². The number of piperazine rings is 1. The van der Waals surface area contributed by atoms with Gasteiger partial charge in [-0.1, -0.05) is 47.5 Å². The predicted molar refractivity (Wildman–Crippen MR) is 150 cm³/mol. The van der Waals surface area contributed by atoms with Crippen molar-refractivity contribution in [1.29, 1.82) is 0 Å². The summed E-state index contributed by atoms with van der Waals surface area (Å²) in [6.07, 6.45) is 0.117. The van der Waals surface area contributed by atoms with Crippen LogP contribution in [0.3, 0.4) is 0 Å². The zero-order valence-corrected chi connectivity index (χ0v) is 23.9. The normalized spacial score (nSPS) is 15.2. The van der Waals surface area contributed by atoms with Crippen LogP contribution in [0.2, 0.25) is 10.0 Å². The Morgan fingerprint density at radius 2 is 1.51 bits per heavy atom. The maximum absolute atomic E-state index is 13.1. The molecule has 1 heterocycles. The van der Waals surface area contributed by atoms with Gasteiger partial charge in [0.2, 0.25) is 9.84 Å². The molecule has 13 heteroatoms. The van der Waals surface area contributed by atoms with Crippen LogP contribution in [0.4, 0.5) is 5.69 Å². The van der Waals surface area contributed by atoms with E-state index in [1.165, 1.54) is 18.2 Å². The summed E-state index contributed by atoms with van der Waals surface area (Å²) in [5.74, 6) is -0.809. The molecule has 39 heavy (non-hydrogen) atoms. The van der Waals surface area contributed by atoms with Crippen molar-refractivity contribution in [3.8, 4) is 0 Å². The number of aliphatic carboxylic acids is 1. The smallest absolute Gasteiger partial charge is 0.304 e. The van der Waals surface area contributed by atoms with E-state index < -0.39 is 25.8 Å². The molecular formula is C26H27Cl2N3O6S2. The van der Waals surface area contributed by atoms with Crippen LogP contribution < -0.4 is 4.72 Å². The second-order valence-corrected chi connectivity index (χ2v) is 13.5. The summed E-state index contributed by atoms with van der Waals surface area (Å²) in [6.45, 7) is 4.21. The molecule has 9 nitrogen and oxygen atoms in total. The van der Waals surface area contributed by atoms with Crippen LogP contribution >= 0.6 is 23.2 Å². The molecule has 0 unspecified atom stereocenters. The average Bonchev–Trinajstić information content (AvgIpc) is 2.88. The highest BCUT2D eigenvalue weighted by Crippen LogP contribution is 2.32. The number of carboxylic acids is 1. The highest BCUT2D eigenvalue weighted by molar-refractivity contribution is 7.93. The minimum atomic E-state index is -4.12. The summed E-state index contributed by atoms with van der Waals surface area (Å²) in [4.78, 5) is 14.6. The van der Waals surface area contributed by atoms with Gasteiger partial charge in [0.05, 0.1) is 26.3 Å². The van der Waals surface area contributed by atoms with Crippen LogP contribution in [-0.2, 0) is 31.2 Å². The van der Waals surface area contributed by atoms with E-state index in [4.69, 9.17) is 28.3 Å². The van der Waals surface area contributed by atoms with Crippen LogP contribution in [0.15, 0.2) is 81.4 Å². The summed E-state index contributed by atoms with van der Waals surface area (Å²) < 4.78 is 54.8. The van der Waals surface area contributed by atoms with Crippen LogP contribution in [0, 0.1) is 0 Å². The number of sulfone groups is 1. The van der Waals surface area contributed by atoms with Gasteiger partial charge >= 0.3 is 5.97 Å². The maximum atomic E-state index is 13.1. The second-order valence-electron chi connectivity index (χ2n) is 9.09. The molecule has 0 atom stereocenters. The lowest BCUT2D eigenvalue weighted by atomic mass is 10.1. The zero-order chi connectivity index (χ0) is 28.2. The number of nitrogens with one attached hydrogen (secondary N) is 1. The van der Waals surface area contributed by atoms with Crippen molar-refractivity contribution in [3.63, 3.8) is 0 Å². The number of hydrogen-bond donors (Lipinski definition) is 2. The molecule has 0 saturated carbocycles. The molecule has 0 spiro atoms. The maximum Gasteiger partial charge on any atom is 0.304 e. The van der Waals surface area contributed by atoms with E-state index in [9.17, 15) is 21.6 Å². The lowest BCUT2D eigenvalue weighted by Gasteiger charge is -2.34. The van der Waals surface area contributed by atoms with E-state index in [0.717, 1.165) is 43.9 Å². The predicted octanol–water partition coefficient (Wildman–Crippen LogP) is 4.22. The number of nitrogens with zero attached hydrogens (tertiary/aromatic N) is 2. The second kappa shape index (κ2) is 12.2. The van der Waals surface area contributed by atoms with Crippen molar-refractivity contribution < 1.29 is 26.7 Å². The van der Waals surface area contributed by atoms with E-state index in [1.807, 2.05) is 6.07 Å². The third-order valence-electron chi connectivity index (χ3n) is 6.32. The monoisotopic (exact) mass is 611 g/mol. The van der Waals surface area contributed by atoms with Crippen molar-refractivity contribution in [1.82, 2.24) is 9.80 Å². The molecule has 1 aliphatic rings. The standard InChI is InChI=1S/C26H27Cl2N3O6S2/c27-22-6-1-2-7-24(22)38(34,35)21-8-9-25(23(28)17-21)39(36,37)29-20-5-3-4-19(16-20)18-31-14-12-30(13-15-31)11-10-26(32)33/h1-9,16-17,29H,10-15,18H2,(H,32,33). The minimum absolute atomic E-state index is 0.0481. The fourth-order valence-corrected chi connectivity index (χ4v) is 7.74. The lowest BCUT2D eigenvalue weighted by molar-refractivity contribution is -0.137. The summed E-state index contributed by atoms with van der Waals surface area (Å²) in [7, 11) is -8.13. The van der Waals surface area contributed by atoms with Gasteiger partial charge in [0, 0.05) is 45.0 Å².